The third kappa shape index (κ3) is 7.56. The summed E-state index contributed by atoms with van der Waals surface area (Å²) in [6, 6.07) is 7.32. The van der Waals surface area contributed by atoms with Crippen molar-refractivity contribution in [1.29, 1.82) is 0 Å². The smallest absolute Gasteiger partial charge is 0.235 e. The fourth-order valence-corrected chi connectivity index (χ4v) is 1.89. The van der Waals surface area contributed by atoms with Crippen LogP contribution >= 0.6 is 0 Å². The van der Waals surface area contributed by atoms with E-state index in [4.69, 9.17) is 4.74 Å². The Kier molecular flexibility index (Phi) is 8.11. The van der Waals surface area contributed by atoms with E-state index >= 15 is 0 Å². The second kappa shape index (κ2) is 10.0. The maximum atomic E-state index is 10.2. The van der Waals surface area contributed by atoms with Gasteiger partial charge < -0.3 is 4.74 Å². The van der Waals surface area contributed by atoms with E-state index in [9.17, 15) is 10.1 Å². The molecule has 1 rings (SSSR count). The van der Waals surface area contributed by atoms with Crippen LogP contribution in [0.5, 0.6) is 5.75 Å². The molecule has 0 aliphatic carbocycles. The number of hydrogen-bond acceptors (Lipinski definition) is 3. The lowest BCUT2D eigenvalue weighted by Gasteiger charge is -2.06. The maximum absolute atomic E-state index is 10.2. The summed E-state index contributed by atoms with van der Waals surface area (Å²) in [5.74, 6) is 0.816. The van der Waals surface area contributed by atoms with Crippen LogP contribution in [0, 0.1) is 10.1 Å². The molecule has 0 spiro atoms. The van der Waals surface area contributed by atoms with Gasteiger partial charge in [-0.05, 0) is 24.1 Å². The molecule has 4 nitrogen and oxygen atoms in total. The number of benzene rings is 1. The third-order valence-electron chi connectivity index (χ3n) is 3.04. The lowest BCUT2D eigenvalue weighted by Crippen LogP contribution is -1.97. The van der Waals surface area contributed by atoms with E-state index < -0.39 is 4.92 Å². The molecule has 0 atom stereocenters. The number of nitro groups is 1. The van der Waals surface area contributed by atoms with Crippen LogP contribution in [-0.4, -0.2) is 11.5 Å². The molecule has 0 N–H and O–H groups in total. The van der Waals surface area contributed by atoms with Gasteiger partial charge in [0.15, 0.2) is 0 Å². The van der Waals surface area contributed by atoms with Crippen LogP contribution in [0.25, 0.3) is 6.08 Å². The summed E-state index contributed by atoms with van der Waals surface area (Å²) in [6.45, 7) is 2.95. The van der Waals surface area contributed by atoms with Crippen LogP contribution in [0.2, 0.25) is 0 Å². The van der Waals surface area contributed by atoms with Crippen LogP contribution in [0.1, 0.15) is 51.0 Å². The van der Waals surface area contributed by atoms with Crippen LogP contribution in [0.3, 0.4) is 0 Å². The van der Waals surface area contributed by atoms with Crippen LogP contribution in [-0.2, 0) is 0 Å². The lowest BCUT2D eigenvalue weighted by atomic mass is 10.1. The van der Waals surface area contributed by atoms with Gasteiger partial charge in [-0.3, -0.25) is 10.1 Å². The molecule has 0 heterocycles. The molecular weight excluding hydrogens is 254 g/mol. The zero-order valence-corrected chi connectivity index (χ0v) is 12.1. The highest BCUT2D eigenvalue weighted by Crippen LogP contribution is 2.14. The molecule has 20 heavy (non-hydrogen) atoms. The van der Waals surface area contributed by atoms with Crippen LogP contribution in [0.4, 0.5) is 0 Å². The van der Waals surface area contributed by atoms with Gasteiger partial charge in [0, 0.05) is 6.08 Å². The first-order chi connectivity index (χ1) is 9.72. The summed E-state index contributed by atoms with van der Waals surface area (Å²) in [4.78, 5) is 9.73. The lowest BCUT2D eigenvalue weighted by molar-refractivity contribution is -0.400. The van der Waals surface area contributed by atoms with Crippen molar-refractivity contribution in [3.8, 4) is 5.75 Å². The van der Waals surface area contributed by atoms with E-state index in [0.29, 0.717) is 0 Å². The minimum atomic E-state index is -0.469. The van der Waals surface area contributed by atoms with Gasteiger partial charge in [-0.1, -0.05) is 51.2 Å². The summed E-state index contributed by atoms with van der Waals surface area (Å²) in [6.07, 6.45) is 9.88. The standard InChI is InChI=1S/C16H23NO3/c1-2-3-4-5-6-7-14-20-16-10-8-15(9-11-16)12-13-17(18)19/h8-13H,2-7,14H2,1H3. The molecule has 0 aliphatic rings. The molecular formula is C16H23NO3. The van der Waals surface area contributed by atoms with E-state index in [1.165, 1.54) is 38.2 Å². The van der Waals surface area contributed by atoms with Crippen molar-refractivity contribution in [3.05, 3.63) is 46.1 Å². The van der Waals surface area contributed by atoms with Gasteiger partial charge in [0.1, 0.15) is 5.75 Å². The van der Waals surface area contributed by atoms with Crippen molar-refractivity contribution < 1.29 is 9.66 Å². The highest BCUT2D eigenvalue weighted by Gasteiger charge is 1.95. The number of rotatable bonds is 10. The third-order valence-corrected chi connectivity index (χ3v) is 3.04. The Morgan fingerprint density at radius 1 is 1.10 bits per heavy atom. The van der Waals surface area contributed by atoms with E-state index in [0.717, 1.165) is 30.5 Å². The molecule has 0 amide bonds. The quantitative estimate of drug-likeness (QED) is 0.354. The average molecular weight is 277 g/mol. The molecule has 0 saturated carbocycles. The van der Waals surface area contributed by atoms with E-state index in [-0.39, 0.29) is 0 Å². The first-order valence-corrected chi connectivity index (χ1v) is 7.27. The minimum absolute atomic E-state index is 0.469. The predicted octanol–water partition coefficient (Wildman–Crippen LogP) is 4.67. The number of nitrogens with zero attached hydrogens (tertiary/aromatic N) is 1. The zero-order chi connectivity index (χ0) is 14.6. The van der Waals surface area contributed by atoms with E-state index in [1.807, 2.05) is 24.3 Å². The first-order valence-electron chi connectivity index (χ1n) is 7.27. The molecule has 0 aromatic heterocycles. The van der Waals surface area contributed by atoms with Crippen molar-refractivity contribution in [3.63, 3.8) is 0 Å². The number of hydrogen-bond donors (Lipinski definition) is 0. The van der Waals surface area contributed by atoms with Crippen LogP contribution < -0.4 is 4.74 Å². The molecule has 0 bridgehead atoms. The molecule has 0 unspecified atom stereocenters. The Hall–Kier alpha value is -1.84. The Labute approximate surface area is 120 Å². The fourth-order valence-electron chi connectivity index (χ4n) is 1.89. The maximum Gasteiger partial charge on any atom is 0.235 e. The van der Waals surface area contributed by atoms with E-state index in [2.05, 4.69) is 6.92 Å². The van der Waals surface area contributed by atoms with Crippen molar-refractivity contribution in [2.75, 3.05) is 6.61 Å². The van der Waals surface area contributed by atoms with Gasteiger partial charge in [-0.15, -0.1) is 0 Å². The number of unbranched alkanes of at least 4 members (excludes halogenated alkanes) is 5. The van der Waals surface area contributed by atoms with Gasteiger partial charge in [-0.2, -0.15) is 0 Å². The molecule has 0 aliphatic heterocycles. The molecule has 4 heteroatoms. The monoisotopic (exact) mass is 277 g/mol. The summed E-state index contributed by atoms with van der Waals surface area (Å²) < 4.78 is 5.64. The zero-order valence-electron chi connectivity index (χ0n) is 12.1. The Balaban J connectivity index is 2.20. The second-order valence-electron chi connectivity index (χ2n) is 4.79. The van der Waals surface area contributed by atoms with Crippen molar-refractivity contribution >= 4 is 6.08 Å². The summed E-state index contributed by atoms with van der Waals surface area (Å²) in [5, 5.41) is 10.2. The summed E-state index contributed by atoms with van der Waals surface area (Å²) >= 11 is 0. The van der Waals surface area contributed by atoms with Gasteiger partial charge in [-0.25, -0.2) is 0 Å². The summed E-state index contributed by atoms with van der Waals surface area (Å²) in [5.41, 5.74) is 0.800. The number of ether oxygens (including phenoxy) is 1. The molecule has 0 saturated heterocycles. The molecule has 1 aromatic carbocycles. The minimum Gasteiger partial charge on any atom is -0.494 e. The highest BCUT2D eigenvalue weighted by atomic mass is 16.6. The van der Waals surface area contributed by atoms with Crippen LogP contribution in [0.15, 0.2) is 30.5 Å². The van der Waals surface area contributed by atoms with E-state index in [1.54, 1.807) is 0 Å². The Bertz CT molecular complexity index is 412. The average Bonchev–Trinajstić information content (AvgIpc) is 2.45. The van der Waals surface area contributed by atoms with Crippen molar-refractivity contribution in [2.45, 2.75) is 45.4 Å². The van der Waals surface area contributed by atoms with Gasteiger partial charge >= 0.3 is 0 Å². The Morgan fingerprint density at radius 2 is 1.75 bits per heavy atom. The molecule has 0 radical (unpaired) electrons. The molecule has 0 fully saturated rings. The second-order valence-corrected chi connectivity index (χ2v) is 4.79. The Morgan fingerprint density at radius 3 is 2.40 bits per heavy atom. The first kappa shape index (κ1) is 16.2. The van der Waals surface area contributed by atoms with Gasteiger partial charge in [0.05, 0.1) is 11.5 Å². The molecule has 1 aromatic rings. The van der Waals surface area contributed by atoms with Crippen molar-refractivity contribution in [2.24, 2.45) is 0 Å². The highest BCUT2D eigenvalue weighted by molar-refractivity contribution is 5.49. The fraction of sp³-hybridized carbons (Fsp3) is 0.500. The van der Waals surface area contributed by atoms with Crippen molar-refractivity contribution in [1.82, 2.24) is 0 Å². The SMILES string of the molecule is CCCCCCCCOc1ccc(C=C[N+](=O)[O-])cc1. The molecule has 110 valence electrons. The topological polar surface area (TPSA) is 52.4 Å². The predicted molar refractivity (Wildman–Crippen MR) is 81.3 cm³/mol. The van der Waals surface area contributed by atoms with Gasteiger partial charge in [0.2, 0.25) is 6.20 Å². The summed E-state index contributed by atoms with van der Waals surface area (Å²) in [7, 11) is 0. The normalized spacial score (nSPS) is 10.8. The van der Waals surface area contributed by atoms with Gasteiger partial charge in [0.25, 0.3) is 0 Å². The largest absolute Gasteiger partial charge is 0.494 e.